The molecule has 0 aliphatic heterocycles. The van der Waals surface area contributed by atoms with Crippen LogP contribution in [0.25, 0.3) is 0 Å². The average molecular weight is 203 g/mol. The number of aliphatic carboxylic acids is 1. The summed E-state index contributed by atoms with van der Waals surface area (Å²) in [6, 6.07) is -0.851. The summed E-state index contributed by atoms with van der Waals surface area (Å²) in [4.78, 5) is 10.5. The Morgan fingerprint density at radius 1 is 1.50 bits per heavy atom. The first kappa shape index (κ1) is 13.4. The molecule has 0 aliphatic carbocycles. The number of carbonyl (C=O) groups is 1. The number of carboxylic acid groups (broad SMARTS) is 1. The molecule has 0 bridgehead atoms. The van der Waals surface area contributed by atoms with Crippen LogP contribution in [0.4, 0.5) is 0 Å². The molecule has 0 aliphatic rings. The number of carboxylic acids is 1. The van der Waals surface area contributed by atoms with Crippen LogP contribution in [-0.2, 0) is 4.79 Å². The predicted molar refractivity (Wildman–Crippen MR) is 53.6 cm³/mol. The van der Waals surface area contributed by atoms with E-state index in [1.165, 1.54) is 0 Å². The summed E-state index contributed by atoms with van der Waals surface area (Å²) in [7, 11) is -1.31. The van der Waals surface area contributed by atoms with Crippen molar-refractivity contribution in [2.45, 2.75) is 38.5 Å². The van der Waals surface area contributed by atoms with Gasteiger partial charge in [-0.25, -0.2) is 0 Å². The second-order valence-corrected chi connectivity index (χ2v) is 3.51. The van der Waals surface area contributed by atoms with Crippen LogP contribution in [0.1, 0.15) is 26.2 Å². The van der Waals surface area contributed by atoms with E-state index in [0.717, 1.165) is 6.42 Å². The molecule has 0 spiro atoms. The van der Waals surface area contributed by atoms with Crippen molar-refractivity contribution in [3.8, 4) is 0 Å². The molecule has 2 atom stereocenters. The Hall–Kier alpha value is -0.585. The van der Waals surface area contributed by atoms with Crippen LogP contribution < -0.4 is 5.73 Å². The zero-order valence-electron chi connectivity index (χ0n) is 8.39. The molecule has 0 rings (SSSR count). The van der Waals surface area contributed by atoms with Crippen molar-refractivity contribution in [2.24, 2.45) is 11.7 Å². The minimum absolute atomic E-state index is 0.142. The van der Waals surface area contributed by atoms with Crippen molar-refractivity contribution >= 4 is 13.1 Å². The first-order chi connectivity index (χ1) is 6.47. The van der Waals surface area contributed by atoms with Gasteiger partial charge in [0.25, 0.3) is 0 Å². The molecule has 0 amide bonds. The molecule has 0 aromatic heterocycles. The van der Waals surface area contributed by atoms with Crippen LogP contribution in [0.15, 0.2) is 0 Å². The predicted octanol–water partition coefficient (Wildman–Crippen LogP) is -0.323. The Bertz CT molecular complexity index is 177. The monoisotopic (exact) mass is 203 g/mol. The first-order valence-corrected chi connectivity index (χ1v) is 4.81. The minimum Gasteiger partial charge on any atom is -0.480 e. The summed E-state index contributed by atoms with van der Waals surface area (Å²) in [6.07, 6.45) is 2.05. The Balaban J connectivity index is 3.84. The molecule has 0 aromatic rings. The van der Waals surface area contributed by atoms with Crippen LogP contribution in [0.2, 0.25) is 6.32 Å². The van der Waals surface area contributed by atoms with E-state index < -0.39 is 19.1 Å². The molecular formula is C8H18BNO4. The molecule has 0 saturated heterocycles. The SMILES string of the molecule is CCC(CCB(O)O)CC(N)C(=O)O. The van der Waals surface area contributed by atoms with Crippen LogP contribution in [0, 0.1) is 5.92 Å². The van der Waals surface area contributed by atoms with E-state index in [0.29, 0.717) is 12.8 Å². The minimum atomic E-state index is -1.31. The van der Waals surface area contributed by atoms with Crippen LogP contribution in [0.5, 0.6) is 0 Å². The van der Waals surface area contributed by atoms with E-state index in [1.807, 2.05) is 6.92 Å². The van der Waals surface area contributed by atoms with Gasteiger partial charge in [-0.05, 0) is 18.7 Å². The molecule has 0 heterocycles. The summed E-state index contributed by atoms with van der Waals surface area (Å²) >= 11 is 0. The van der Waals surface area contributed by atoms with Gasteiger partial charge in [0.05, 0.1) is 0 Å². The molecule has 0 saturated carbocycles. The van der Waals surface area contributed by atoms with E-state index in [4.69, 9.17) is 20.9 Å². The number of hydrogen-bond donors (Lipinski definition) is 4. The summed E-state index contributed by atoms with van der Waals surface area (Å²) in [5.74, 6) is -0.865. The third-order valence-electron chi connectivity index (χ3n) is 2.31. The Morgan fingerprint density at radius 3 is 2.43 bits per heavy atom. The maximum absolute atomic E-state index is 10.5. The fourth-order valence-electron chi connectivity index (χ4n) is 1.33. The summed E-state index contributed by atoms with van der Waals surface area (Å²) in [6.45, 7) is 1.93. The van der Waals surface area contributed by atoms with Crippen molar-refractivity contribution in [3.63, 3.8) is 0 Å². The van der Waals surface area contributed by atoms with Gasteiger partial charge in [0.1, 0.15) is 6.04 Å². The quantitative estimate of drug-likeness (QED) is 0.424. The van der Waals surface area contributed by atoms with E-state index in [9.17, 15) is 4.79 Å². The molecule has 5 nitrogen and oxygen atoms in total. The normalized spacial score (nSPS) is 14.9. The standard InChI is InChI=1S/C8H18BNO4/c1-2-6(3-4-9(13)14)5-7(10)8(11)12/h6-7,13-14H,2-5,10H2,1H3,(H,11,12). The van der Waals surface area contributed by atoms with Gasteiger partial charge in [-0.15, -0.1) is 0 Å². The van der Waals surface area contributed by atoms with Crippen LogP contribution in [-0.4, -0.2) is 34.3 Å². The lowest BCUT2D eigenvalue weighted by Gasteiger charge is -2.16. The third kappa shape index (κ3) is 5.96. The zero-order chi connectivity index (χ0) is 11.1. The second kappa shape index (κ2) is 6.81. The van der Waals surface area contributed by atoms with Gasteiger partial charge in [-0.3, -0.25) is 4.79 Å². The van der Waals surface area contributed by atoms with Crippen molar-refractivity contribution in [2.75, 3.05) is 0 Å². The fraction of sp³-hybridized carbons (Fsp3) is 0.875. The number of hydrogen-bond acceptors (Lipinski definition) is 4. The molecular weight excluding hydrogens is 185 g/mol. The summed E-state index contributed by atoms with van der Waals surface area (Å²) in [5, 5.41) is 25.9. The Kier molecular flexibility index (Phi) is 6.52. The van der Waals surface area contributed by atoms with Crippen molar-refractivity contribution < 1.29 is 19.9 Å². The topological polar surface area (TPSA) is 104 Å². The van der Waals surface area contributed by atoms with Crippen molar-refractivity contribution in [1.29, 1.82) is 0 Å². The molecule has 6 heteroatoms. The second-order valence-electron chi connectivity index (χ2n) is 3.51. The Labute approximate surface area is 84.1 Å². The van der Waals surface area contributed by atoms with E-state index in [2.05, 4.69) is 0 Å². The Morgan fingerprint density at radius 2 is 2.07 bits per heavy atom. The van der Waals surface area contributed by atoms with Crippen LogP contribution >= 0.6 is 0 Å². The molecule has 82 valence electrons. The maximum Gasteiger partial charge on any atom is 0.451 e. The molecule has 5 N–H and O–H groups in total. The smallest absolute Gasteiger partial charge is 0.451 e. The lowest BCUT2D eigenvalue weighted by Crippen LogP contribution is -2.32. The van der Waals surface area contributed by atoms with Gasteiger partial charge < -0.3 is 20.9 Å². The van der Waals surface area contributed by atoms with Crippen molar-refractivity contribution in [3.05, 3.63) is 0 Å². The van der Waals surface area contributed by atoms with Gasteiger partial charge in [0, 0.05) is 0 Å². The summed E-state index contributed by atoms with van der Waals surface area (Å²) < 4.78 is 0. The molecule has 0 radical (unpaired) electrons. The molecule has 0 aromatic carbocycles. The molecule has 0 fully saturated rings. The third-order valence-corrected chi connectivity index (χ3v) is 2.31. The van der Waals surface area contributed by atoms with Crippen LogP contribution in [0.3, 0.4) is 0 Å². The van der Waals surface area contributed by atoms with E-state index in [1.54, 1.807) is 0 Å². The fourth-order valence-corrected chi connectivity index (χ4v) is 1.33. The van der Waals surface area contributed by atoms with Gasteiger partial charge in [0.2, 0.25) is 0 Å². The maximum atomic E-state index is 10.5. The lowest BCUT2D eigenvalue weighted by molar-refractivity contribution is -0.138. The highest BCUT2D eigenvalue weighted by atomic mass is 16.4. The molecule has 2 unspecified atom stereocenters. The van der Waals surface area contributed by atoms with Crippen molar-refractivity contribution in [1.82, 2.24) is 0 Å². The first-order valence-electron chi connectivity index (χ1n) is 4.81. The average Bonchev–Trinajstić information content (AvgIpc) is 2.11. The number of nitrogens with two attached hydrogens (primary N) is 1. The van der Waals surface area contributed by atoms with Gasteiger partial charge in [-0.2, -0.15) is 0 Å². The van der Waals surface area contributed by atoms with Gasteiger partial charge in [0.15, 0.2) is 0 Å². The highest BCUT2D eigenvalue weighted by molar-refractivity contribution is 6.40. The van der Waals surface area contributed by atoms with Gasteiger partial charge >= 0.3 is 13.1 Å². The van der Waals surface area contributed by atoms with E-state index in [-0.39, 0.29) is 12.2 Å². The highest BCUT2D eigenvalue weighted by Crippen LogP contribution is 2.17. The number of rotatable bonds is 7. The summed E-state index contributed by atoms with van der Waals surface area (Å²) in [5.41, 5.74) is 5.37. The molecule has 14 heavy (non-hydrogen) atoms. The highest BCUT2D eigenvalue weighted by Gasteiger charge is 2.19. The lowest BCUT2D eigenvalue weighted by atomic mass is 9.79. The van der Waals surface area contributed by atoms with E-state index >= 15 is 0 Å². The zero-order valence-corrected chi connectivity index (χ0v) is 8.39. The largest absolute Gasteiger partial charge is 0.480 e. The van der Waals surface area contributed by atoms with Gasteiger partial charge in [-0.1, -0.05) is 19.8 Å².